The van der Waals surface area contributed by atoms with Gasteiger partial charge in [-0.15, -0.1) is 0 Å². The van der Waals surface area contributed by atoms with Crippen molar-refractivity contribution in [1.82, 2.24) is 5.32 Å². The number of carbonyl (C=O) groups excluding carboxylic acids is 1. The maximum atomic E-state index is 12.9. The van der Waals surface area contributed by atoms with Crippen LogP contribution in [0.15, 0.2) is 0 Å². The molecule has 7 unspecified atom stereocenters. The van der Waals surface area contributed by atoms with Gasteiger partial charge in [-0.2, -0.15) is 0 Å². The SMILES string of the molecule is CCCCCCCCCCCCCCCCCCCCCCCCCCCCCCCCCCC(=O)NC(COC1OC(CO)C(O)C(O)C1O)C(O)CCCCCCC. The number of nitrogens with one attached hydrogen (secondary N) is 1. The van der Waals surface area contributed by atoms with Crippen LogP contribution in [0.5, 0.6) is 0 Å². The van der Waals surface area contributed by atoms with Crippen molar-refractivity contribution < 1.29 is 39.8 Å². The maximum Gasteiger partial charge on any atom is 0.220 e. The molecule has 1 fully saturated rings. The Balaban J connectivity index is 1.97. The molecule has 1 saturated heterocycles. The lowest BCUT2D eigenvalue weighted by atomic mass is 9.99. The monoisotopic (exact) mass is 856 g/mol. The van der Waals surface area contributed by atoms with Crippen molar-refractivity contribution >= 4 is 5.91 Å². The number of hydrogen-bond donors (Lipinski definition) is 6. The summed E-state index contributed by atoms with van der Waals surface area (Å²) in [5.41, 5.74) is 0. The molecule has 358 valence electrons. The second-order valence-electron chi connectivity index (χ2n) is 18.7. The van der Waals surface area contributed by atoms with Gasteiger partial charge < -0.3 is 40.3 Å². The topological polar surface area (TPSA) is 149 Å². The van der Waals surface area contributed by atoms with Crippen LogP contribution in [-0.4, -0.2) is 87.5 Å². The van der Waals surface area contributed by atoms with Crippen LogP contribution in [0, 0.1) is 0 Å². The third-order valence-electron chi connectivity index (χ3n) is 13.0. The van der Waals surface area contributed by atoms with E-state index in [0.29, 0.717) is 12.8 Å². The van der Waals surface area contributed by atoms with Gasteiger partial charge in [0.2, 0.25) is 5.91 Å². The summed E-state index contributed by atoms with van der Waals surface area (Å²) >= 11 is 0. The molecule has 1 rings (SSSR count). The Kier molecular flexibility index (Phi) is 40.2. The molecule has 60 heavy (non-hydrogen) atoms. The van der Waals surface area contributed by atoms with Gasteiger partial charge in [-0.3, -0.25) is 4.79 Å². The highest BCUT2D eigenvalue weighted by Gasteiger charge is 2.44. The fourth-order valence-electron chi connectivity index (χ4n) is 8.75. The summed E-state index contributed by atoms with van der Waals surface area (Å²) in [7, 11) is 0. The standard InChI is InChI=1S/C51H101NO8/c1-3-5-7-9-10-11-12-13-14-15-16-17-18-19-20-21-22-23-24-25-26-27-28-29-30-31-32-33-34-35-37-39-41-47(55)52-44(45(54)40-38-36-8-6-4-2)43-59-51-50(58)49(57)48(56)46(42-53)60-51/h44-46,48-51,53-54,56-58H,3-43H2,1-2H3,(H,52,55). The van der Waals surface area contributed by atoms with Gasteiger partial charge in [0.05, 0.1) is 25.4 Å². The van der Waals surface area contributed by atoms with E-state index >= 15 is 0 Å². The molecule has 0 aliphatic carbocycles. The zero-order chi connectivity index (χ0) is 43.7. The Hall–Kier alpha value is -0.810. The average Bonchev–Trinajstić information content (AvgIpc) is 3.25. The molecule has 0 spiro atoms. The van der Waals surface area contributed by atoms with Crippen LogP contribution in [0.1, 0.15) is 264 Å². The zero-order valence-corrected chi connectivity index (χ0v) is 39.5. The third kappa shape index (κ3) is 31.9. The zero-order valence-electron chi connectivity index (χ0n) is 39.5. The molecule has 7 atom stereocenters. The highest BCUT2D eigenvalue weighted by molar-refractivity contribution is 5.76. The summed E-state index contributed by atoms with van der Waals surface area (Å²) in [6, 6.07) is -0.709. The normalized spacial score (nSPS) is 20.4. The third-order valence-corrected chi connectivity index (χ3v) is 13.0. The Labute approximate surface area is 370 Å². The van der Waals surface area contributed by atoms with E-state index in [9.17, 15) is 30.3 Å². The predicted octanol–water partition coefficient (Wildman–Crippen LogP) is 11.9. The van der Waals surface area contributed by atoms with Gasteiger partial charge in [0.15, 0.2) is 6.29 Å². The predicted molar refractivity (Wildman–Crippen MR) is 249 cm³/mol. The van der Waals surface area contributed by atoms with Gasteiger partial charge in [-0.05, 0) is 12.8 Å². The first kappa shape index (κ1) is 57.2. The van der Waals surface area contributed by atoms with Crippen molar-refractivity contribution in [3.05, 3.63) is 0 Å². The van der Waals surface area contributed by atoms with Gasteiger partial charge in [-0.25, -0.2) is 0 Å². The van der Waals surface area contributed by atoms with Crippen molar-refractivity contribution in [1.29, 1.82) is 0 Å². The lowest BCUT2D eigenvalue weighted by Gasteiger charge is -2.40. The molecular weight excluding hydrogens is 755 g/mol. The fourth-order valence-corrected chi connectivity index (χ4v) is 8.75. The molecule has 1 heterocycles. The number of ether oxygens (including phenoxy) is 2. The van der Waals surface area contributed by atoms with E-state index in [2.05, 4.69) is 19.2 Å². The smallest absolute Gasteiger partial charge is 0.220 e. The second kappa shape index (κ2) is 42.2. The summed E-state index contributed by atoms with van der Waals surface area (Å²) < 4.78 is 11.2. The van der Waals surface area contributed by atoms with Gasteiger partial charge in [0, 0.05) is 6.42 Å². The van der Waals surface area contributed by atoms with Crippen LogP contribution < -0.4 is 5.32 Å². The van der Waals surface area contributed by atoms with E-state index < -0.39 is 49.5 Å². The van der Waals surface area contributed by atoms with E-state index in [-0.39, 0.29) is 12.5 Å². The van der Waals surface area contributed by atoms with Gasteiger partial charge in [0.1, 0.15) is 24.4 Å². The van der Waals surface area contributed by atoms with Crippen molar-refractivity contribution in [3.63, 3.8) is 0 Å². The number of unbranched alkanes of at least 4 members (excludes halogenated alkanes) is 35. The number of amides is 1. The first-order chi connectivity index (χ1) is 29.3. The van der Waals surface area contributed by atoms with Crippen molar-refractivity contribution in [2.24, 2.45) is 0 Å². The molecule has 0 radical (unpaired) electrons. The van der Waals surface area contributed by atoms with Crippen molar-refractivity contribution in [3.8, 4) is 0 Å². The fraction of sp³-hybridized carbons (Fsp3) is 0.980. The van der Waals surface area contributed by atoms with Gasteiger partial charge >= 0.3 is 0 Å². The summed E-state index contributed by atoms with van der Waals surface area (Å²) in [6.07, 6.45) is 42.1. The number of aliphatic hydroxyl groups excluding tert-OH is 5. The number of carbonyl (C=O) groups is 1. The molecule has 0 aromatic carbocycles. The molecule has 0 aromatic heterocycles. The van der Waals surface area contributed by atoms with E-state index in [1.165, 1.54) is 186 Å². The van der Waals surface area contributed by atoms with Crippen LogP contribution in [0.4, 0.5) is 0 Å². The number of hydrogen-bond acceptors (Lipinski definition) is 8. The highest BCUT2D eigenvalue weighted by Crippen LogP contribution is 2.23. The number of rotatable bonds is 45. The molecule has 1 amide bonds. The minimum Gasteiger partial charge on any atom is -0.394 e. The molecule has 1 aliphatic heterocycles. The van der Waals surface area contributed by atoms with Crippen LogP contribution in [0.25, 0.3) is 0 Å². The molecule has 6 N–H and O–H groups in total. The molecule has 0 bridgehead atoms. The van der Waals surface area contributed by atoms with Crippen LogP contribution in [-0.2, 0) is 14.3 Å². The van der Waals surface area contributed by atoms with Crippen LogP contribution in [0.2, 0.25) is 0 Å². The summed E-state index contributed by atoms with van der Waals surface area (Å²) in [5.74, 6) is -0.145. The first-order valence-electron chi connectivity index (χ1n) is 26.2. The Morgan fingerprint density at radius 1 is 0.500 bits per heavy atom. The lowest BCUT2D eigenvalue weighted by molar-refractivity contribution is -0.302. The highest BCUT2D eigenvalue weighted by atomic mass is 16.7. The Bertz CT molecular complexity index is 908. The first-order valence-corrected chi connectivity index (χ1v) is 26.2. The van der Waals surface area contributed by atoms with E-state index in [0.717, 1.165) is 51.4 Å². The Morgan fingerprint density at radius 2 is 0.833 bits per heavy atom. The van der Waals surface area contributed by atoms with Crippen LogP contribution in [0.3, 0.4) is 0 Å². The van der Waals surface area contributed by atoms with Crippen LogP contribution >= 0.6 is 0 Å². The molecular formula is C51H101NO8. The van der Waals surface area contributed by atoms with E-state index in [4.69, 9.17) is 9.47 Å². The molecule has 9 nitrogen and oxygen atoms in total. The Morgan fingerprint density at radius 3 is 1.18 bits per heavy atom. The molecule has 0 saturated carbocycles. The molecule has 0 aromatic rings. The van der Waals surface area contributed by atoms with E-state index in [1.54, 1.807) is 0 Å². The summed E-state index contributed by atoms with van der Waals surface area (Å²) in [6.45, 7) is 3.77. The summed E-state index contributed by atoms with van der Waals surface area (Å²) in [5, 5.41) is 53.9. The lowest BCUT2D eigenvalue weighted by Crippen LogP contribution is -2.60. The minimum absolute atomic E-state index is 0.135. The second-order valence-corrected chi connectivity index (χ2v) is 18.7. The quantitative estimate of drug-likeness (QED) is 0.0332. The van der Waals surface area contributed by atoms with Gasteiger partial charge in [0.25, 0.3) is 0 Å². The maximum absolute atomic E-state index is 12.9. The largest absolute Gasteiger partial charge is 0.394 e. The average molecular weight is 856 g/mol. The molecule has 9 heteroatoms. The molecule has 1 aliphatic rings. The van der Waals surface area contributed by atoms with Gasteiger partial charge in [-0.1, -0.05) is 245 Å². The number of aliphatic hydroxyl groups is 5. The minimum atomic E-state index is -1.55. The summed E-state index contributed by atoms with van der Waals surface area (Å²) in [4.78, 5) is 12.9. The van der Waals surface area contributed by atoms with Crippen molar-refractivity contribution in [2.75, 3.05) is 13.2 Å². The van der Waals surface area contributed by atoms with E-state index in [1.807, 2.05) is 0 Å². The van der Waals surface area contributed by atoms with Crippen molar-refractivity contribution in [2.45, 2.75) is 307 Å².